The highest BCUT2D eigenvalue weighted by Crippen LogP contribution is 2.20. The molecule has 0 saturated carbocycles. The molecule has 1 N–H and O–H groups in total. The maximum Gasteiger partial charge on any atom is 0.262 e. The van der Waals surface area contributed by atoms with Gasteiger partial charge in [-0.1, -0.05) is 72.4 Å². The van der Waals surface area contributed by atoms with Crippen LogP contribution < -0.4 is 11.0 Å². The van der Waals surface area contributed by atoms with Crippen molar-refractivity contribution in [2.75, 3.05) is 5.75 Å². The van der Waals surface area contributed by atoms with Gasteiger partial charge in [0, 0.05) is 3.57 Å². The van der Waals surface area contributed by atoms with Crippen molar-refractivity contribution in [2.24, 2.45) is 5.10 Å². The van der Waals surface area contributed by atoms with Crippen LogP contribution >= 0.6 is 34.4 Å². The molecule has 0 radical (unpaired) electrons. The fourth-order valence-electron chi connectivity index (χ4n) is 3.07. The minimum Gasteiger partial charge on any atom is -0.283 e. The fraction of sp³-hybridized carbons (Fsp3) is 0.0833. The van der Waals surface area contributed by atoms with Gasteiger partial charge in [-0.05, 0) is 51.9 Å². The van der Waals surface area contributed by atoms with Crippen LogP contribution in [-0.4, -0.2) is 27.4 Å². The first kappa shape index (κ1) is 22.2. The predicted octanol–water partition coefficient (Wildman–Crippen LogP) is 4.29. The molecule has 0 bridgehead atoms. The lowest BCUT2D eigenvalue weighted by Gasteiger charge is -2.13. The third-order valence-corrected chi connectivity index (χ3v) is 6.25. The molecule has 6 nitrogen and oxygen atoms in total. The van der Waals surface area contributed by atoms with E-state index in [0.29, 0.717) is 22.6 Å². The van der Waals surface area contributed by atoms with Crippen LogP contribution in [0.2, 0.25) is 0 Å². The molecule has 32 heavy (non-hydrogen) atoms. The molecule has 1 aromatic heterocycles. The van der Waals surface area contributed by atoms with Crippen molar-refractivity contribution < 1.29 is 4.79 Å². The molecule has 1 amide bonds. The number of carbonyl (C=O) groups excluding carboxylic acids is 1. The average molecular weight is 554 g/mol. The van der Waals surface area contributed by atoms with E-state index in [1.807, 2.05) is 78.9 Å². The van der Waals surface area contributed by atoms with Crippen molar-refractivity contribution in [3.63, 3.8) is 0 Å². The van der Waals surface area contributed by atoms with E-state index in [2.05, 4.69) is 38.1 Å². The van der Waals surface area contributed by atoms with E-state index < -0.39 is 0 Å². The van der Waals surface area contributed by atoms with E-state index in [0.717, 1.165) is 14.7 Å². The number of benzene rings is 3. The second-order valence-corrected chi connectivity index (χ2v) is 9.11. The molecule has 0 fully saturated rings. The summed E-state index contributed by atoms with van der Waals surface area (Å²) < 4.78 is 2.59. The normalized spacial score (nSPS) is 11.2. The molecule has 3 aromatic carbocycles. The van der Waals surface area contributed by atoms with Crippen molar-refractivity contribution in [1.82, 2.24) is 15.0 Å². The van der Waals surface area contributed by atoms with Crippen LogP contribution in [0.1, 0.15) is 11.1 Å². The number of rotatable bonds is 7. The largest absolute Gasteiger partial charge is 0.283 e. The Labute approximate surface area is 202 Å². The molecule has 4 aromatic rings. The molecule has 0 aliphatic carbocycles. The van der Waals surface area contributed by atoms with Crippen LogP contribution in [0.25, 0.3) is 10.9 Å². The summed E-state index contributed by atoms with van der Waals surface area (Å²) in [6.45, 7) is 0.379. The van der Waals surface area contributed by atoms with Crippen molar-refractivity contribution in [1.29, 1.82) is 0 Å². The topological polar surface area (TPSA) is 76.3 Å². The smallest absolute Gasteiger partial charge is 0.262 e. The summed E-state index contributed by atoms with van der Waals surface area (Å²) in [5.74, 6) is -0.186. The van der Waals surface area contributed by atoms with Crippen LogP contribution in [-0.2, 0) is 11.3 Å². The van der Waals surface area contributed by atoms with Gasteiger partial charge in [-0.2, -0.15) is 5.10 Å². The first-order valence-electron chi connectivity index (χ1n) is 9.84. The minimum atomic E-state index is -0.273. The summed E-state index contributed by atoms with van der Waals surface area (Å²) >= 11 is 3.40. The van der Waals surface area contributed by atoms with Gasteiger partial charge in [-0.15, -0.1) is 0 Å². The molecule has 4 rings (SSSR count). The van der Waals surface area contributed by atoms with Crippen LogP contribution in [0.3, 0.4) is 0 Å². The Morgan fingerprint density at radius 1 is 1.06 bits per heavy atom. The van der Waals surface area contributed by atoms with Crippen molar-refractivity contribution in [2.45, 2.75) is 11.7 Å². The number of halogens is 1. The first-order valence-corrected chi connectivity index (χ1v) is 11.9. The number of nitrogens with zero attached hydrogens (tertiary/aromatic N) is 3. The van der Waals surface area contributed by atoms with Crippen LogP contribution in [0, 0.1) is 3.57 Å². The highest BCUT2D eigenvalue weighted by atomic mass is 127. The lowest BCUT2D eigenvalue weighted by atomic mass is 10.2. The number of amides is 1. The van der Waals surface area contributed by atoms with E-state index in [1.54, 1.807) is 10.8 Å². The molecule has 0 unspecified atom stereocenters. The molecular formula is C24H19IN4O2S. The lowest BCUT2D eigenvalue weighted by Crippen LogP contribution is -2.25. The molecule has 0 saturated heterocycles. The molecule has 160 valence electrons. The van der Waals surface area contributed by atoms with Gasteiger partial charge in [0.2, 0.25) is 0 Å². The summed E-state index contributed by atoms with van der Waals surface area (Å²) in [5.41, 5.74) is 4.89. The zero-order valence-electron chi connectivity index (χ0n) is 16.9. The molecule has 0 spiro atoms. The molecule has 1 heterocycles. The quantitative estimate of drug-likeness (QED) is 0.122. The van der Waals surface area contributed by atoms with Gasteiger partial charge in [0.05, 0.1) is 29.4 Å². The fourth-order valence-corrected chi connectivity index (χ4v) is 4.35. The second-order valence-electron chi connectivity index (χ2n) is 6.93. The van der Waals surface area contributed by atoms with Crippen molar-refractivity contribution >= 4 is 57.4 Å². The number of carbonyl (C=O) groups is 1. The maximum atomic E-state index is 13.3. The minimum absolute atomic E-state index is 0.0865. The highest BCUT2D eigenvalue weighted by Gasteiger charge is 2.14. The van der Waals surface area contributed by atoms with E-state index in [1.165, 1.54) is 11.8 Å². The number of nitrogens with one attached hydrogen (secondary N) is 1. The van der Waals surface area contributed by atoms with E-state index in [-0.39, 0.29) is 17.2 Å². The molecule has 8 heteroatoms. The molecular weight excluding hydrogens is 535 g/mol. The number of hydrazone groups is 1. The van der Waals surface area contributed by atoms with Gasteiger partial charge in [0.1, 0.15) is 0 Å². The summed E-state index contributed by atoms with van der Waals surface area (Å²) in [6.07, 6.45) is 1.59. The van der Waals surface area contributed by atoms with Crippen LogP contribution in [0.5, 0.6) is 0 Å². The van der Waals surface area contributed by atoms with Crippen molar-refractivity contribution in [3.05, 3.63) is 104 Å². The third-order valence-electron chi connectivity index (χ3n) is 4.60. The number of hydrogen-bond acceptors (Lipinski definition) is 5. The van der Waals surface area contributed by atoms with E-state index in [9.17, 15) is 9.59 Å². The molecule has 0 aliphatic heterocycles. The Bertz CT molecular complexity index is 1320. The summed E-state index contributed by atoms with van der Waals surface area (Å²) in [6, 6.07) is 24.8. The number of thioether (sulfide) groups is 1. The van der Waals surface area contributed by atoms with E-state index >= 15 is 0 Å². The van der Waals surface area contributed by atoms with Gasteiger partial charge in [-0.3, -0.25) is 14.2 Å². The zero-order chi connectivity index (χ0) is 22.3. The van der Waals surface area contributed by atoms with Crippen LogP contribution in [0.15, 0.2) is 93.9 Å². The summed E-state index contributed by atoms with van der Waals surface area (Å²) in [5, 5.41) is 5.05. The molecule has 0 aliphatic rings. The van der Waals surface area contributed by atoms with Gasteiger partial charge < -0.3 is 0 Å². The zero-order valence-corrected chi connectivity index (χ0v) is 19.9. The van der Waals surface area contributed by atoms with Gasteiger partial charge >= 0.3 is 0 Å². The average Bonchev–Trinajstić information content (AvgIpc) is 2.81. The Kier molecular flexibility index (Phi) is 7.33. The van der Waals surface area contributed by atoms with E-state index in [4.69, 9.17) is 0 Å². The number of fused-ring (bicyclic) bond motifs is 1. The summed E-state index contributed by atoms with van der Waals surface area (Å²) in [4.78, 5) is 30.2. The summed E-state index contributed by atoms with van der Waals surface area (Å²) in [7, 11) is 0. The Morgan fingerprint density at radius 3 is 2.53 bits per heavy atom. The maximum absolute atomic E-state index is 13.3. The Morgan fingerprint density at radius 2 is 1.78 bits per heavy atom. The van der Waals surface area contributed by atoms with Gasteiger partial charge in [0.15, 0.2) is 5.16 Å². The van der Waals surface area contributed by atoms with Crippen molar-refractivity contribution in [3.8, 4) is 0 Å². The first-order chi connectivity index (χ1) is 15.6. The van der Waals surface area contributed by atoms with Gasteiger partial charge in [-0.25, -0.2) is 10.4 Å². The van der Waals surface area contributed by atoms with Crippen LogP contribution in [0.4, 0.5) is 0 Å². The Balaban J connectivity index is 1.55. The standard InChI is InChI=1S/C24H19IN4O2S/c25-19-11-12-21-20(13-19)23(31)29(15-18-9-5-2-6-10-18)24(27-21)32-16-22(30)28-26-14-17-7-3-1-4-8-17/h1-14H,15-16H2,(H,28,30)/b26-14+. The third kappa shape index (κ3) is 5.63. The molecule has 0 atom stereocenters. The monoisotopic (exact) mass is 554 g/mol. The lowest BCUT2D eigenvalue weighted by molar-refractivity contribution is -0.118. The predicted molar refractivity (Wildman–Crippen MR) is 137 cm³/mol. The van der Waals surface area contributed by atoms with Gasteiger partial charge in [0.25, 0.3) is 11.5 Å². The second kappa shape index (κ2) is 10.6. The Hall–Kier alpha value is -2.98. The number of hydrogen-bond donors (Lipinski definition) is 1. The highest BCUT2D eigenvalue weighted by molar-refractivity contribution is 14.1. The SMILES string of the molecule is O=C(CSc1nc2ccc(I)cc2c(=O)n1Cc1ccccc1)N/N=C/c1ccccc1. The number of aromatic nitrogens is 2.